The van der Waals surface area contributed by atoms with Gasteiger partial charge in [0.15, 0.2) is 0 Å². The SMILES string of the molecule is CCOC(=O)c1c(CC)cc(C)nc1C. The van der Waals surface area contributed by atoms with E-state index >= 15 is 0 Å². The van der Waals surface area contributed by atoms with Crippen LogP contribution in [-0.4, -0.2) is 17.6 Å². The third-order valence-electron chi connectivity index (χ3n) is 2.27. The summed E-state index contributed by atoms with van der Waals surface area (Å²) in [5.74, 6) is -0.264. The number of hydrogen-bond acceptors (Lipinski definition) is 3. The molecule has 0 saturated carbocycles. The van der Waals surface area contributed by atoms with E-state index in [0.717, 1.165) is 23.4 Å². The van der Waals surface area contributed by atoms with Crippen LogP contribution in [0.5, 0.6) is 0 Å². The topological polar surface area (TPSA) is 39.2 Å². The van der Waals surface area contributed by atoms with Gasteiger partial charge in [-0.05, 0) is 38.8 Å². The van der Waals surface area contributed by atoms with Crippen molar-refractivity contribution in [1.82, 2.24) is 4.98 Å². The third-order valence-corrected chi connectivity index (χ3v) is 2.27. The molecule has 0 aliphatic carbocycles. The molecule has 0 aliphatic heterocycles. The number of nitrogens with zero attached hydrogens (tertiary/aromatic N) is 1. The zero-order valence-corrected chi connectivity index (χ0v) is 9.76. The van der Waals surface area contributed by atoms with E-state index in [1.807, 2.05) is 26.8 Å². The molecule has 0 atom stereocenters. The minimum absolute atomic E-state index is 0.264. The molecule has 1 rings (SSSR count). The smallest absolute Gasteiger partial charge is 0.340 e. The Balaban J connectivity index is 3.20. The van der Waals surface area contributed by atoms with Crippen molar-refractivity contribution in [3.8, 4) is 0 Å². The first-order valence-electron chi connectivity index (χ1n) is 5.24. The van der Waals surface area contributed by atoms with Gasteiger partial charge in [0.2, 0.25) is 0 Å². The minimum Gasteiger partial charge on any atom is -0.462 e. The molecule has 0 aromatic carbocycles. The number of rotatable bonds is 3. The van der Waals surface area contributed by atoms with Crippen molar-refractivity contribution in [2.24, 2.45) is 0 Å². The van der Waals surface area contributed by atoms with Crippen LogP contribution >= 0.6 is 0 Å². The lowest BCUT2D eigenvalue weighted by molar-refractivity contribution is 0.0523. The summed E-state index contributed by atoms with van der Waals surface area (Å²) in [6, 6.07) is 1.94. The quantitative estimate of drug-likeness (QED) is 0.714. The Morgan fingerprint density at radius 3 is 2.60 bits per heavy atom. The zero-order chi connectivity index (χ0) is 11.4. The van der Waals surface area contributed by atoms with Crippen LogP contribution in [0.3, 0.4) is 0 Å². The minimum atomic E-state index is -0.264. The number of ether oxygens (including phenoxy) is 1. The molecule has 15 heavy (non-hydrogen) atoms. The Bertz CT molecular complexity index is 372. The van der Waals surface area contributed by atoms with E-state index in [0.29, 0.717) is 12.2 Å². The van der Waals surface area contributed by atoms with E-state index in [2.05, 4.69) is 4.98 Å². The van der Waals surface area contributed by atoms with Crippen molar-refractivity contribution >= 4 is 5.97 Å². The molecule has 0 aliphatic rings. The first-order valence-corrected chi connectivity index (χ1v) is 5.24. The molecule has 0 saturated heterocycles. The monoisotopic (exact) mass is 207 g/mol. The van der Waals surface area contributed by atoms with Gasteiger partial charge in [-0.1, -0.05) is 6.92 Å². The molecule has 1 aromatic heterocycles. The highest BCUT2D eigenvalue weighted by Gasteiger charge is 2.15. The van der Waals surface area contributed by atoms with Crippen LogP contribution in [-0.2, 0) is 11.2 Å². The maximum atomic E-state index is 11.7. The zero-order valence-electron chi connectivity index (χ0n) is 9.76. The second kappa shape index (κ2) is 4.91. The number of carbonyl (C=O) groups excluding carboxylic acids is 1. The summed E-state index contributed by atoms with van der Waals surface area (Å²) in [5.41, 5.74) is 3.34. The molecular formula is C12H17NO2. The van der Waals surface area contributed by atoms with Crippen LogP contribution in [0.2, 0.25) is 0 Å². The molecule has 0 spiro atoms. The van der Waals surface area contributed by atoms with Crippen LogP contribution in [0.25, 0.3) is 0 Å². The van der Waals surface area contributed by atoms with Gasteiger partial charge in [-0.2, -0.15) is 0 Å². The third kappa shape index (κ3) is 2.55. The summed E-state index contributed by atoms with van der Waals surface area (Å²) in [4.78, 5) is 16.0. The highest BCUT2D eigenvalue weighted by molar-refractivity contribution is 5.92. The average Bonchev–Trinajstić information content (AvgIpc) is 2.16. The maximum absolute atomic E-state index is 11.7. The Hall–Kier alpha value is -1.38. The van der Waals surface area contributed by atoms with Gasteiger partial charge >= 0.3 is 5.97 Å². The standard InChI is InChI=1S/C12H17NO2/c1-5-10-7-8(3)13-9(4)11(10)12(14)15-6-2/h7H,5-6H2,1-4H3. The van der Waals surface area contributed by atoms with E-state index < -0.39 is 0 Å². The number of esters is 1. The van der Waals surface area contributed by atoms with Crippen molar-refractivity contribution in [3.05, 3.63) is 28.6 Å². The van der Waals surface area contributed by atoms with Crippen molar-refractivity contribution in [3.63, 3.8) is 0 Å². The number of aromatic nitrogens is 1. The number of hydrogen-bond donors (Lipinski definition) is 0. The van der Waals surface area contributed by atoms with Gasteiger partial charge in [-0.25, -0.2) is 4.79 Å². The van der Waals surface area contributed by atoms with E-state index in [1.165, 1.54) is 0 Å². The lowest BCUT2D eigenvalue weighted by atomic mass is 10.0. The summed E-state index contributed by atoms with van der Waals surface area (Å²) in [5, 5.41) is 0. The van der Waals surface area contributed by atoms with Gasteiger partial charge in [0.1, 0.15) is 0 Å². The Morgan fingerprint density at radius 1 is 1.40 bits per heavy atom. The van der Waals surface area contributed by atoms with E-state index in [-0.39, 0.29) is 5.97 Å². The number of aryl methyl sites for hydroxylation is 3. The second-order valence-corrected chi connectivity index (χ2v) is 3.46. The molecule has 0 amide bonds. The molecule has 82 valence electrons. The predicted octanol–water partition coefficient (Wildman–Crippen LogP) is 2.44. The van der Waals surface area contributed by atoms with Gasteiger partial charge in [-0.3, -0.25) is 4.98 Å². The van der Waals surface area contributed by atoms with Gasteiger partial charge < -0.3 is 4.74 Å². The molecule has 0 N–H and O–H groups in total. The lowest BCUT2D eigenvalue weighted by Gasteiger charge is -2.10. The second-order valence-electron chi connectivity index (χ2n) is 3.46. The Morgan fingerprint density at radius 2 is 2.07 bits per heavy atom. The van der Waals surface area contributed by atoms with Crippen LogP contribution < -0.4 is 0 Å². The van der Waals surface area contributed by atoms with Crippen LogP contribution in [0, 0.1) is 13.8 Å². The van der Waals surface area contributed by atoms with Gasteiger partial charge in [0.25, 0.3) is 0 Å². The molecule has 0 radical (unpaired) electrons. The van der Waals surface area contributed by atoms with E-state index in [1.54, 1.807) is 6.92 Å². The Kier molecular flexibility index (Phi) is 3.83. The number of pyridine rings is 1. The van der Waals surface area contributed by atoms with Crippen molar-refractivity contribution in [2.45, 2.75) is 34.1 Å². The molecular weight excluding hydrogens is 190 g/mol. The molecule has 1 aromatic rings. The highest BCUT2D eigenvalue weighted by Crippen LogP contribution is 2.16. The van der Waals surface area contributed by atoms with Gasteiger partial charge in [0.05, 0.1) is 17.9 Å². The maximum Gasteiger partial charge on any atom is 0.340 e. The van der Waals surface area contributed by atoms with Gasteiger partial charge in [0, 0.05) is 5.69 Å². The fourth-order valence-corrected chi connectivity index (χ4v) is 1.67. The molecule has 3 nitrogen and oxygen atoms in total. The summed E-state index contributed by atoms with van der Waals surface area (Å²) >= 11 is 0. The predicted molar refractivity (Wildman–Crippen MR) is 59.0 cm³/mol. The molecule has 1 heterocycles. The molecule has 0 bridgehead atoms. The summed E-state index contributed by atoms with van der Waals surface area (Å²) in [6.45, 7) is 8.01. The fraction of sp³-hybridized carbons (Fsp3) is 0.500. The fourth-order valence-electron chi connectivity index (χ4n) is 1.67. The van der Waals surface area contributed by atoms with Crippen molar-refractivity contribution in [2.75, 3.05) is 6.61 Å². The molecule has 0 unspecified atom stereocenters. The highest BCUT2D eigenvalue weighted by atomic mass is 16.5. The largest absolute Gasteiger partial charge is 0.462 e. The van der Waals surface area contributed by atoms with Crippen molar-refractivity contribution in [1.29, 1.82) is 0 Å². The Labute approximate surface area is 90.5 Å². The van der Waals surface area contributed by atoms with Crippen LogP contribution in [0.4, 0.5) is 0 Å². The normalized spacial score (nSPS) is 10.1. The first kappa shape index (κ1) is 11.7. The average molecular weight is 207 g/mol. The van der Waals surface area contributed by atoms with E-state index in [9.17, 15) is 4.79 Å². The van der Waals surface area contributed by atoms with Crippen LogP contribution in [0.1, 0.15) is 41.2 Å². The van der Waals surface area contributed by atoms with E-state index in [4.69, 9.17) is 4.74 Å². The summed E-state index contributed by atoms with van der Waals surface area (Å²) in [6.07, 6.45) is 0.818. The number of carbonyl (C=O) groups is 1. The summed E-state index contributed by atoms with van der Waals surface area (Å²) in [7, 11) is 0. The first-order chi connectivity index (χ1) is 7.10. The summed E-state index contributed by atoms with van der Waals surface area (Å²) < 4.78 is 5.01. The van der Waals surface area contributed by atoms with Crippen molar-refractivity contribution < 1.29 is 9.53 Å². The molecule has 3 heteroatoms. The van der Waals surface area contributed by atoms with Crippen LogP contribution in [0.15, 0.2) is 6.07 Å². The molecule has 0 fully saturated rings. The van der Waals surface area contributed by atoms with Gasteiger partial charge in [-0.15, -0.1) is 0 Å². The lowest BCUT2D eigenvalue weighted by Crippen LogP contribution is -2.12.